The number of carbonyl (C=O) groups excluding carboxylic acids is 1. The van der Waals surface area contributed by atoms with E-state index < -0.39 is 0 Å². The molecule has 2 saturated carbocycles. The van der Waals surface area contributed by atoms with Gasteiger partial charge < -0.3 is 10.6 Å². The second-order valence-electron chi connectivity index (χ2n) is 7.62. The molecule has 1 aromatic carbocycles. The van der Waals surface area contributed by atoms with Crippen molar-refractivity contribution < 1.29 is 4.79 Å². The van der Waals surface area contributed by atoms with Crippen LogP contribution in [0.2, 0.25) is 0 Å². The van der Waals surface area contributed by atoms with Gasteiger partial charge >= 0.3 is 0 Å². The minimum absolute atomic E-state index is 0.154. The molecule has 0 bridgehead atoms. The van der Waals surface area contributed by atoms with Crippen LogP contribution in [0.3, 0.4) is 0 Å². The lowest BCUT2D eigenvalue weighted by atomic mass is 9.92. The zero-order valence-electron chi connectivity index (χ0n) is 14.1. The van der Waals surface area contributed by atoms with Gasteiger partial charge in [0.25, 0.3) is 0 Å². The molecule has 5 rings (SSSR count). The lowest BCUT2D eigenvalue weighted by Crippen LogP contribution is -2.31. The van der Waals surface area contributed by atoms with E-state index in [1.807, 2.05) is 28.9 Å². The van der Waals surface area contributed by atoms with Crippen LogP contribution in [-0.4, -0.2) is 39.2 Å². The van der Waals surface area contributed by atoms with Gasteiger partial charge in [0.2, 0.25) is 5.91 Å². The molecule has 1 unspecified atom stereocenters. The molecule has 3 fully saturated rings. The summed E-state index contributed by atoms with van der Waals surface area (Å²) in [5, 5.41) is 18.6. The van der Waals surface area contributed by atoms with Crippen LogP contribution in [0.15, 0.2) is 24.3 Å². The molecule has 1 spiro atoms. The van der Waals surface area contributed by atoms with Crippen LogP contribution < -0.4 is 10.6 Å². The molecule has 130 valence electrons. The maximum atomic E-state index is 12.7. The highest BCUT2D eigenvalue weighted by Gasteiger charge is 2.57. The third-order valence-corrected chi connectivity index (χ3v) is 5.88. The predicted octanol–water partition coefficient (Wildman–Crippen LogP) is 2.00. The highest BCUT2D eigenvalue weighted by atomic mass is 16.2. The molecule has 1 amide bonds. The smallest absolute Gasteiger partial charge is 0.228 e. The van der Waals surface area contributed by atoms with E-state index in [0.29, 0.717) is 6.04 Å². The predicted molar refractivity (Wildman–Crippen MR) is 92.8 cm³/mol. The van der Waals surface area contributed by atoms with E-state index in [-0.39, 0.29) is 17.2 Å². The summed E-state index contributed by atoms with van der Waals surface area (Å²) in [5.74, 6) is 1.09. The summed E-state index contributed by atoms with van der Waals surface area (Å²) in [4.78, 5) is 12.7. The van der Waals surface area contributed by atoms with Gasteiger partial charge in [-0.1, -0.05) is 12.1 Å². The number of nitrogens with zero attached hydrogens (tertiary/aromatic N) is 4. The quantitative estimate of drug-likeness (QED) is 0.891. The van der Waals surface area contributed by atoms with E-state index in [4.69, 9.17) is 0 Å². The summed E-state index contributed by atoms with van der Waals surface area (Å²) in [7, 11) is 0. The number of rotatable bonds is 4. The van der Waals surface area contributed by atoms with Crippen molar-refractivity contribution in [1.29, 1.82) is 0 Å². The molecule has 1 aromatic heterocycles. The van der Waals surface area contributed by atoms with Crippen LogP contribution in [0.1, 0.15) is 38.1 Å². The Hall–Kier alpha value is -2.28. The monoisotopic (exact) mass is 338 g/mol. The summed E-state index contributed by atoms with van der Waals surface area (Å²) in [5.41, 5.74) is 2.02. The Balaban J connectivity index is 1.32. The van der Waals surface area contributed by atoms with Crippen molar-refractivity contribution in [2.75, 3.05) is 18.4 Å². The average molecular weight is 338 g/mol. The van der Waals surface area contributed by atoms with Crippen molar-refractivity contribution in [3.8, 4) is 11.4 Å². The first-order valence-corrected chi connectivity index (χ1v) is 9.15. The Kier molecular flexibility index (Phi) is 3.38. The lowest BCUT2D eigenvalue weighted by molar-refractivity contribution is -0.118. The van der Waals surface area contributed by atoms with Gasteiger partial charge in [0.15, 0.2) is 5.82 Å². The van der Waals surface area contributed by atoms with Crippen molar-refractivity contribution in [3.63, 3.8) is 0 Å². The maximum Gasteiger partial charge on any atom is 0.228 e. The van der Waals surface area contributed by atoms with E-state index in [1.54, 1.807) is 0 Å². The van der Waals surface area contributed by atoms with Crippen LogP contribution in [-0.2, 0) is 4.79 Å². The molecule has 1 aliphatic heterocycles. The van der Waals surface area contributed by atoms with Gasteiger partial charge in [-0.05, 0) is 73.2 Å². The van der Waals surface area contributed by atoms with Gasteiger partial charge in [-0.15, -0.1) is 5.10 Å². The number of tetrazole rings is 1. The number of aromatic nitrogens is 4. The first kappa shape index (κ1) is 15.0. The Morgan fingerprint density at radius 1 is 1.28 bits per heavy atom. The fourth-order valence-corrected chi connectivity index (χ4v) is 4.11. The van der Waals surface area contributed by atoms with Gasteiger partial charge in [0.1, 0.15) is 0 Å². The van der Waals surface area contributed by atoms with Crippen LogP contribution in [0.25, 0.3) is 11.4 Å². The van der Waals surface area contributed by atoms with E-state index in [9.17, 15) is 4.79 Å². The molecule has 1 saturated heterocycles. The molecule has 2 heterocycles. The van der Waals surface area contributed by atoms with E-state index in [1.165, 1.54) is 0 Å². The third-order valence-electron chi connectivity index (χ3n) is 5.88. The van der Waals surface area contributed by atoms with E-state index >= 15 is 0 Å². The van der Waals surface area contributed by atoms with Crippen LogP contribution in [0, 0.1) is 11.3 Å². The number of benzene rings is 1. The van der Waals surface area contributed by atoms with Gasteiger partial charge in [-0.2, -0.15) is 0 Å². The summed E-state index contributed by atoms with van der Waals surface area (Å²) >= 11 is 0. The molecule has 2 aromatic rings. The van der Waals surface area contributed by atoms with Crippen molar-refractivity contribution in [3.05, 3.63) is 24.3 Å². The van der Waals surface area contributed by atoms with Crippen LogP contribution >= 0.6 is 0 Å². The van der Waals surface area contributed by atoms with E-state index in [2.05, 4.69) is 26.2 Å². The molecule has 7 nitrogen and oxygen atoms in total. The number of piperidine rings is 1. The normalized spacial score (nSPS) is 24.2. The summed E-state index contributed by atoms with van der Waals surface area (Å²) in [6.45, 7) is 2.06. The van der Waals surface area contributed by atoms with Crippen molar-refractivity contribution in [2.24, 2.45) is 11.3 Å². The minimum atomic E-state index is 0.154. The van der Waals surface area contributed by atoms with Crippen molar-refractivity contribution >= 4 is 11.6 Å². The fourth-order valence-electron chi connectivity index (χ4n) is 4.11. The van der Waals surface area contributed by atoms with Gasteiger partial charge in [0.05, 0.1) is 6.04 Å². The lowest BCUT2D eigenvalue weighted by Gasteiger charge is -2.23. The summed E-state index contributed by atoms with van der Waals surface area (Å²) in [6.07, 6.45) is 5.52. The first-order chi connectivity index (χ1) is 12.3. The Morgan fingerprint density at radius 3 is 2.92 bits per heavy atom. The largest absolute Gasteiger partial charge is 0.326 e. The molecule has 0 radical (unpaired) electrons. The van der Waals surface area contributed by atoms with Gasteiger partial charge in [-0.3, -0.25) is 4.79 Å². The Bertz CT molecular complexity index is 805. The molecule has 2 N–H and O–H groups in total. The zero-order valence-corrected chi connectivity index (χ0v) is 14.1. The molecule has 25 heavy (non-hydrogen) atoms. The second-order valence-corrected chi connectivity index (χ2v) is 7.62. The van der Waals surface area contributed by atoms with Crippen LogP contribution in [0.5, 0.6) is 0 Å². The number of hydrogen-bond donors (Lipinski definition) is 2. The summed E-state index contributed by atoms with van der Waals surface area (Å²) in [6, 6.07) is 8.27. The molecular weight excluding hydrogens is 316 g/mol. The number of carbonyl (C=O) groups is 1. The molecule has 1 atom stereocenters. The number of hydrogen-bond acceptors (Lipinski definition) is 5. The molecular formula is C18H22N6O. The van der Waals surface area contributed by atoms with Crippen LogP contribution in [0.4, 0.5) is 5.69 Å². The van der Waals surface area contributed by atoms with Crippen molar-refractivity contribution in [1.82, 2.24) is 25.5 Å². The fraction of sp³-hybridized carbons (Fsp3) is 0.556. The highest BCUT2D eigenvalue weighted by molar-refractivity contribution is 5.95. The zero-order chi connectivity index (χ0) is 16.9. The minimum Gasteiger partial charge on any atom is -0.326 e. The van der Waals surface area contributed by atoms with Gasteiger partial charge in [-0.25, -0.2) is 4.68 Å². The molecule has 7 heteroatoms. The number of anilines is 1. The highest BCUT2D eigenvalue weighted by Crippen LogP contribution is 2.58. The first-order valence-electron chi connectivity index (χ1n) is 9.15. The number of amides is 1. The second kappa shape index (κ2) is 5.62. The SMILES string of the molecule is O=C(Nc1cccc(-c2nnnn2C2CC2)c1)C1CC12CCNCC2. The topological polar surface area (TPSA) is 84.7 Å². The third kappa shape index (κ3) is 2.72. The standard InChI is InChI=1S/C18H22N6O/c25-17(15-11-18(15)6-8-19-9-7-18)20-13-3-1-2-12(10-13)16-21-22-23-24(16)14-4-5-14/h1-3,10,14-15,19H,4-9,11H2,(H,20,25). The van der Waals surface area contributed by atoms with Crippen molar-refractivity contribution in [2.45, 2.75) is 38.1 Å². The summed E-state index contributed by atoms with van der Waals surface area (Å²) < 4.78 is 1.89. The molecule has 2 aliphatic carbocycles. The number of nitrogens with one attached hydrogen (secondary N) is 2. The van der Waals surface area contributed by atoms with E-state index in [0.717, 1.165) is 62.3 Å². The van der Waals surface area contributed by atoms with Gasteiger partial charge in [0, 0.05) is 17.2 Å². The Labute approximate surface area is 146 Å². The average Bonchev–Trinajstić information content (AvgIpc) is 3.54. The Morgan fingerprint density at radius 2 is 2.12 bits per heavy atom. The molecule has 3 aliphatic rings. The maximum absolute atomic E-state index is 12.7.